The lowest BCUT2D eigenvalue weighted by molar-refractivity contribution is -0.114. The fourth-order valence-corrected chi connectivity index (χ4v) is 6.94. The minimum atomic E-state index is -4.21. The summed E-state index contributed by atoms with van der Waals surface area (Å²) in [5, 5.41) is 2.65. The molecule has 0 saturated carbocycles. The van der Waals surface area contributed by atoms with Gasteiger partial charge in [-0.05, 0) is 55.5 Å². The van der Waals surface area contributed by atoms with Gasteiger partial charge in [-0.3, -0.25) is 9.10 Å². The summed E-state index contributed by atoms with van der Waals surface area (Å²) in [6, 6.07) is 16.6. The molecule has 0 spiro atoms. The molecule has 1 saturated heterocycles. The summed E-state index contributed by atoms with van der Waals surface area (Å²) in [4.78, 5) is 13.3. The largest absolute Gasteiger partial charge is 0.497 e. The van der Waals surface area contributed by atoms with E-state index in [1.807, 2.05) is 6.92 Å². The first-order valence-electron chi connectivity index (χ1n) is 12.4. The molecule has 0 atom stereocenters. The van der Waals surface area contributed by atoms with Crippen LogP contribution in [0.4, 0.5) is 11.4 Å². The molecule has 0 unspecified atom stereocenters. The maximum absolute atomic E-state index is 13.8. The van der Waals surface area contributed by atoms with Gasteiger partial charge in [0.2, 0.25) is 15.9 Å². The van der Waals surface area contributed by atoms with Crippen molar-refractivity contribution in [2.75, 3.05) is 56.7 Å². The second kappa shape index (κ2) is 12.3. The third kappa shape index (κ3) is 6.39. The van der Waals surface area contributed by atoms with Crippen LogP contribution in [0.15, 0.2) is 76.5 Å². The Kier molecular flexibility index (Phi) is 8.98. The quantitative estimate of drug-likeness (QED) is 0.382. The Morgan fingerprint density at radius 2 is 1.52 bits per heavy atom. The number of rotatable bonds is 10. The zero-order valence-corrected chi connectivity index (χ0v) is 24.0. The number of carbonyl (C=O) groups excluding carboxylic acids is 1. The molecule has 4 rings (SSSR count). The first-order valence-corrected chi connectivity index (χ1v) is 15.2. The molecule has 1 heterocycles. The zero-order valence-electron chi connectivity index (χ0n) is 22.4. The molecule has 1 aliphatic rings. The number of hydrogen-bond acceptors (Lipinski definition) is 8. The summed E-state index contributed by atoms with van der Waals surface area (Å²) in [6.07, 6.45) is 0. The molecular formula is C27H31N3O8S2. The lowest BCUT2D eigenvalue weighted by atomic mass is 10.2. The summed E-state index contributed by atoms with van der Waals surface area (Å²) in [5.74, 6) is -0.0521. The second-order valence-electron chi connectivity index (χ2n) is 8.95. The van der Waals surface area contributed by atoms with Gasteiger partial charge in [-0.15, -0.1) is 0 Å². The van der Waals surface area contributed by atoms with Crippen molar-refractivity contribution in [3.8, 4) is 11.5 Å². The van der Waals surface area contributed by atoms with Gasteiger partial charge in [0.05, 0.1) is 42.9 Å². The van der Waals surface area contributed by atoms with Crippen molar-refractivity contribution in [3.05, 3.63) is 72.3 Å². The Morgan fingerprint density at radius 3 is 2.12 bits per heavy atom. The molecule has 0 aromatic heterocycles. The summed E-state index contributed by atoms with van der Waals surface area (Å²) in [7, 11) is -5.07. The topological polar surface area (TPSA) is 132 Å². The maximum Gasteiger partial charge on any atom is 0.264 e. The Balaban J connectivity index is 1.61. The highest BCUT2D eigenvalue weighted by molar-refractivity contribution is 7.93. The van der Waals surface area contributed by atoms with E-state index in [1.165, 1.54) is 61.0 Å². The number of anilines is 2. The molecule has 11 nitrogen and oxygen atoms in total. The van der Waals surface area contributed by atoms with Crippen LogP contribution in [0.3, 0.4) is 0 Å². The van der Waals surface area contributed by atoms with E-state index in [4.69, 9.17) is 14.2 Å². The normalized spacial score (nSPS) is 14.4. The van der Waals surface area contributed by atoms with Crippen LogP contribution in [0.2, 0.25) is 0 Å². The molecule has 0 radical (unpaired) electrons. The standard InChI is InChI=1S/C27H31N3O8S2/c1-20-4-9-24(10-5-20)40(34,35)30(25-18-22(36-2)8-13-26(25)37-3)19-27(31)28-21-6-11-23(12-7-21)39(32,33)29-14-16-38-17-15-29/h4-13,18H,14-17,19H2,1-3H3,(H,28,31). The monoisotopic (exact) mass is 589 g/mol. The first-order chi connectivity index (χ1) is 19.1. The Morgan fingerprint density at radius 1 is 0.900 bits per heavy atom. The van der Waals surface area contributed by atoms with E-state index in [2.05, 4.69) is 5.32 Å². The van der Waals surface area contributed by atoms with E-state index < -0.39 is 32.5 Å². The molecule has 3 aromatic carbocycles. The number of aryl methyl sites for hydroxylation is 1. The predicted molar refractivity (Wildman–Crippen MR) is 150 cm³/mol. The zero-order chi connectivity index (χ0) is 28.9. The Labute approximate surface area is 234 Å². The van der Waals surface area contributed by atoms with E-state index in [0.29, 0.717) is 24.7 Å². The molecule has 40 heavy (non-hydrogen) atoms. The van der Waals surface area contributed by atoms with Crippen LogP contribution < -0.4 is 19.1 Å². The third-order valence-corrected chi connectivity index (χ3v) is 9.98. The van der Waals surface area contributed by atoms with Gasteiger partial charge < -0.3 is 19.5 Å². The van der Waals surface area contributed by atoms with Gasteiger partial charge in [-0.2, -0.15) is 4.31 Å². The van der Waals surface area contributed by atoms with E-state index in [9.17, 15) is 21.6 Å². The van der Waals surface area contributed by atoms with Gasteiger partial charge in [0.25, 0.3) is 10.0 Å². The lowest BCUT2D eigenvalue weighted by Gasteiger charge is -2.26. The fraction of sp³-hybridized carbons (Fsp3) is 0.296. The summed E-state index contributed by atoms with van der Waals surface area (Å²) >= 11 is 0. The van der Waals surface area contributed by atoms with E-state index in [0.717, 1.165) is 9.87 Å². The number of ether oxygens (including phenoxy) is 3. The highest BCUT2D eigenvalue weighted by Crippen LogP contribution is 2.35. The van der Waals surface area contributed by atoms with E-state index >= 15 is 0 Å². The van der Waals surface area contributed by atoms with Crippen molar-refractivity contribution in [2.45, 2.75) is 16.7 Å². The van der Waals surface area contributed by atoms with Crippen LogP contribution >= 0.6 is 0 Å². The minimum Gasteiger partial charge on any atom is -0.497 e. The third-order valence-electron chi connectivity index (χ3n) is 6.30. The summed E-state index contributed by atoms with van der Waals surface area (Å²) < 4.78 is 71.5. The molecule has 1 aliphatic heterocycles. The van der Waals surface area contributed by atoms with Crippen LogP contribution in [-0.2, 0) is 29.6 Å². The number of nitrogens with one attached hydrogen (secondary N) is 1. The number of nitrogens with zero attached hydrogens (tertiary/aromatic N) is 2. The molecule has 0 bridgehead atoms. The molecule has 1 amide bonds. The SMILES string of the molecule is COc1ccc(OC)c(N(CC(=O)Nc2ccc(S(=O)(=O)N3CCOCC3)cc2)S(=O)(=O)c2ccc(C)cc2)c1. The van der Waals surface area contributed by atoms with Crippen molar-refractivity contribution in [1.82, 2.24) is 4.31 Å². The van der Waals surface area contributed by atoms with Gasteiger partial charge in [0.15, 0.2) is 0 Å². The van der Waals surface area contributed by atoms with Gasteiger partial charge in [0.1, 0.15) is 18.0 Å². The van der Waals surface area contributed by atoms with Crippen molar-refractivity contribution in [3.63, 3.8) is 0 Å². The van der Waals surface area contributed by atoms with Crippen molar-refractivity contribution in [1.29, 1.82) is 0 Å². The van der Waals surface area contributed by atoms with Crippen molar-refractivity contribution in [2.24, 2.45) is 0 Å². The number of hydrogen-bond donors (Lipinski definition) is 1. The molecule has 1 N–H and O–H groups in total. The maximum atomic E-state index is 13.8. The average molecular weight is 590 g/mol. The van der Waals surface area contributed by atoms with Gasteiger partial charge >= 0.3 is 0 Å². The van der Waals surface area contributed by atoms with Crippen LogP contribution in [0.5, 0.6) is 11.5 Å². The molecular weight excluding hydrogens is 558 g/mol. The average Bonchev–Trinajstić information content (AvgIpc) is 2.96. The predicted octanol–water partition coefficient (Wildman–Crippen LogP) is 2.87. The van der Waals surface area contributed by atoms with Crippen LogP contribution in [0.25, 0.3) is 0 Å². The van der Waals surface area contributed by atoms with E-state index in [1.54, 1.807) is 24.3 Å². The Hall–Kier alpha value is -3.65. The highest BCUT2D eigenvalue weighted by Gasteiger charge is 2.30. The van der Waals surface area contributed by atoms with Crippen LogP contribution in [0.1, 0.15) is 5.56 Å². The smallest absolute Gasteiger partial charge is 0.264 e. The number of sulfonamides is 2. The molecule has 0 aliphatic carbocycles. The summed E-state index contributed by atoms with van der Waals surface area (Å²) in [5.41, 5.74) is 1.29. The number of methoxy groups -OCH3 is 2. The number of carbonyl (C=O) groups is 1. The first kappa shape index (κ1) is 29.3. The molecule has 214 valence electrons. The van der Waals surface area contributed by atoms with Crippen molar-refractivity contribution >= 4 is 37.3 Å². The van der Waals surface area contributed by atoms with Crippen LogP contribution in [0, 0.1) is 6.92 Å². The number of amides is 1. The van der Waals surface area contributed by atoms with E-state index in [-0.39, 0.29) is 34.3 Å². The highest BCUT2D eigenvalue weighted by atomic mass is 32.2. The number of morpholine rings is 1. The lowest BCUT2D eigenvalue weighted by Crippen LogP contribution is -2.40. The molecule has 1 fully saturated rings. The van der Waals surface area contributed by atoms with Gasteiger partial charge in [-0.25, -0.2) is 16.8 Å². The Bertz CT molecular complexity index is 1550. The fourth-order valence-electron chi connectivity index (χ4n) is 4.11. The summed E-state index contributed by atoms with van der Waals surface area (Å²) in [6.45, 7) is 2.43. The molecule has 13 heteroatoms. The van der Waals surface area contributed by atoms with Gasteiger partial charge in [-0.1, -0.05) is 17.7 Å². The molecule has 3 aromatic rings. The minimum absolute atomic E-state index is 0.00607. The van der Waals surface area contributed by atoms with Gasteiger partial charge in [0, 0.05) is 24.8 Å². The second-order valence-corrected chi connectivity index (χ2v) is 12.8. The van der Waals surface area contributed by atoms with Crippen molar-refractivity contribution < 1.29 is 35.8 Å². The number of benzene rings is 3. The van der Waals surface area contributed by atoms with Crippen LogP contribution in [-0.4, -0.2) is 74.1 Å².